The van der Waals surface area contributed by atoms with Crippen molar-refractivity contribution in [3.8, 4) is 0 Å². The zero-order valence-corrected chi connectivity index (χ0v) is 57.2. The summed E-state index contributed by atoms with van der Waals surface area (Å²) in [7, 11) is 6.03. The highest BCUT2D eigenvalue weighted by Gasteiger charge is 2.82. The molecular formula is C69H104O27. The Kier molecular flexibility index (Phi) is 23.3. The summed E-state index contributed by atoms with van der Waals surface area (Å²) in [4.78, 5) is 27.2. The van der Waals surface area contributed by atoms with Gasteiger partial charge in [-0.05, 0) is 92.2 Å². The number of methoxy groups -OCH3 is 4. The first kappa shape index (κ1) is 75.1. The number of allylic oxidation sites excluding steroid dienone is 1. The van der Waals surface area contributed by atoms with Gasteiger partial charge in [0, 0.05) is 77.1 Å². The molecule has 0 spiro atoms. The summed E-state index contributed by atoms with van der Waals surface area (Å²) >= 11 is 0. The number of hydrogen-bond donors (Lipinski definition) is 9. The molecule has 0 bridgehead atoms. The van der Waals surface area contributed by atoms with Gasteiger partial charge in [0.2, 0.25) is 0 Å². The molecule has 4 aliphatic carbocycles. The van der Waals surface area contributed by atoms with E-state index in [1.807, 2.05) is 51.1 Å². The van der Waals surface area contributed by atoms with Crippen molar-refractivity contribution >= 4 is 18.0 Å². The predicted octanol–water partition coefficient (Wildman–Crippen LogP) is 2.31. The van der Waals surface area contributed by atoms with Crippen LogP contribution in [0.1, 0.15) is 126 Å². The highest BCUT2D eigenvalue weighted by molar-refractivity contribution is 5.88. The van der Waals surface area contributed by atoms with Gasteiger partial charge in [0.05, 0.1) is 66.5 Å². The zero-order chi connectivity index (χ0) is 69.8. The Morgan fingerprint density at radius 1 is 0.635 bits per heavy atom. The third-order valence-electron chi connectivity index (χ3n) is 23.2. The van der Waals surface area contributed by atoms with Crippen molar-refractivity contribution in [3.05, 3.63) is 65.8 Å². The smallest absolute Gasteiger partial charge is 0.333 e. The second-order valence-electron chi connectivity index (χ2n) is 28.3. The third kappa shape index (κ3) is 13.6. The van der Waals surface area contributed by atoms with E-state index >= 15 is 0 Å². The number of hydrogen-bond acceptors (Lipinski definition) is 27. The van der Waals surface area contributed by atoms with Gasteiger partial charge >= 0.3 is 11.9 Å². The van der Waals surface area contributed by atoms with Crippen LogP contribution in [-0.2, 0) is 85.4 Å². The van der Waals surface area contributed by atoms with Crippen molar-refractivity contribution < 1.29 is 131 Å². The standard InChI is InChI=1S/C69H104O27/c1-14-34(2)61(76)89-39(7)67(78)26-27-69(80)65(67,9)47(92-48(71)21-20-40-18-16-15-17-19-40)31-46-64(8)23-22-41(32-66(64,77)24-25-68(46,69)79)90-49-28-42(81-10)56(35(3)85-49)93-50-29-43(82-11)57(36(4)86-50)94-51-30-44(83-12)58(37(5)87-51)95-63-55(75)60(84-13)59(38(6)88-63)96-62-54(74)53(73)52(72)45(33-70)91-62/h14-21,24-25,35-39,41-47,49-60,62-63,70,72-75,77-80H,22-23,26-33H2,1-13H3. The molecule has 10 rings (SSSR count). The van der Waals surface area contributed by atoms with Crippen LogP contribution < -0.4 is 0 Å². The van der Waals surface area contributed by atoms with E-state index in [9.17, 15) is 55.5 Å². The molecule has 1 aromatic carbocycles. The van der Waals surface area contributed by atoms with Crippen LogP contribution in [0.5, 0.6) is 0 Å². The normalized spacial score (nSPS) is 48.5. The van der Waals surface area contributed by atoms with Gasteiger partial charge in [-0.2, -0.15) is 0 Å². The van der Waals surface area contributed by atoms with Crippen LogP contribution in [0.2, 0.25) is 0 Å². The van der Waals surface area contributed by atoms with Gasteiger partial charge in [0.1, 0.15) is 90.1 Å². The summed E-state index contributed by atoms with van der Waals surface area (Å²) in [6.45, 7) is 14.7. The van der Waals surface area contributed by atoms with Gasteiger partial charge < -0.3 is 122 Å². The van der Waals surface area contributed by atoms with E-state index in [-0.39, 0.29) is 44.9 Å². The van der Waals surface area contributed by atoms with Crippen LogP contribution in [0.15, 0.2) is 60.2 Å². The Labute approximate surface area is 561 Å². The summed E-state index contributed by atoms with van der Waals surface area (Å²) in [6, 6.07) is 9.15. The number of ether oxygens (including phenoxy) is 16. The molecule has 542 valence electrons. The van der Waals surface area contributed by atoms with Gasteiger partial charge in [0.15, 0.2) is 31.5 Å². The Bertz CT molecular complexity index is 2880. The minimum atomic E-state index is -2.18. The molecule has 9 N–H and O–H groups in total. The maximum atomic E-state index is 14.0. The fraction of sp³-hybridized carbons (Fsp3) is 0.797. The minimum absolute atomic E-state index is 0.0760. The lowest BCUT2D eigenvalue weighted by Crippen LogP contribution is -2.80. The van der Waals surface area contributed by atoms with Crippen molar-refractivity contribution in [1.82, 2.24) is 0 Å². The maximum Gasteiger partial charge on any atom is 0.333 e. The lowest BCUT2D eigenvalue weighted by Gasteiger charge is -2.68. The number of fused-ring (bicyclic) bond motifs is 5. The summed E-state index contributed by atoms with van der Waals surface area (Å²) in [5, 5.41) is 105. The zero-order valence-electron chi connectivity index (χ0n) is 57.2. The van der Waals surface area contributed by atoms with Gasteiger partial charge in [0.25, 0.3) is 0 Å². The monoisotopic (exact) mass is 1360 g/mol. The number of carbonyl (C=O) groups is 2. The van der Waals surface area contributed by atoms with Crippen LogP contribution in [0.4, 0.5) is 0 Å². The molecule has 5 aliphatic heterocycles. The topological polar surface area (TPSA) is 364 Å². The molecule has 9 aliphatic rings. The first-order valence-electron chi connectivity index (χ1n) is 33.8. The van der Waals surface area contributed by atoms with Crippen LogP contribution in [0.25, 0.3) is 6.08 Å². The highest BCUT2D eigenvalue weighted by Crippen LogP contribution is 2.72. The van der Waals surface area contributed by atoms with Crippen molar-refractivity contribution in [2.24, 2.45) is 16.7 Å². The summed E-state index contributed by atoms with van der Waals surface area (Å²) in [6.07, 6.45) is -15.9. The Morgan fingerprint density at radius 3 is 1.73 bits per heavy atom. The largest absolute Gasteiger partial charge is 0.458 e. The molecule has 27 nitrogen and oxygen atoms in total. The van der Waals surface area contributed by atoms with E-state index in [1.165, 1.54) is 33.3 Å². The number of rotatable bonds is 21. The van der Waals surface area contributed by atoms with E-state index < -0.39 is 211 Å². The lowest BCUT2D eigenvalue weighted by molar-refractivity contribution is -0.374. The van der Waals surface area contributed by atoms with Crippen molar-refractivity contribution in [1.29, 1.82) is 0 Å². The van der Waals surface area contributed by atoms with Crippen LogP contribution in [0, 0.1) is 16.7 Å². The van der Waals surface area contributed by atoms with E-state index in [0.717, 1.165) is 5.56 Å². The molecule has 5 saturated heterocycles. The second-order valence-corrected chi connectivity index (χ2v) is 28.3. The van der Waals surface area contributed by atoms with Crippen LogP contribution in [0.3, 0.4) is 0 Å². The molecule has 0 amide bonds. The van der Waals surface area contributed by atoms with Gasteiger partial charge in [-0.25, -0.2) is 9.59 Å². The SMILES string of the molecule is CC=C(C)C(=O)OC(C)C1(O)CCC2(O)C3(O)C=CC4(O)CC(OC5CC(OC)C(OC6CC(OC)C(OC7CC(OC)C(OC8OC(C)C(OC9OC(CO)C(O)C(O)C9O)C(OC)C8O)C(C)O7)C(C)O6)C(C)O5)CCC4(C)C3CC(OC(=O)C=Cc3ccccc3)C12C. The fourth-order valence-electron chi connectivity index (χ4n) is 17.1. The summed E-state index contributed by atoms with van der Waals surface area (Å²) in [5.74, 6) is -2.35. The molecular weight excluding hydrogens is 1260 g/mol. The first-order valence-corrected chi connectivity index (χ1v) is 33.8. The Balaban J connectivity index is 0.753. The molecule has 0 radical (unpaired) electrons. The third-order valence-corrected chi connectivity index (χ3v) is 23.2. The minimum Gasteiger partial charge on any atom is -0.458 e. The fourth-order valence-corrected chi connectivity index (χ4v) is 17.1. The van der Waals surface area contributed by atoms with E-state index in [1.54, 1.807) is 67.1 Å². The average molecular weight is 1370 g/mol. The molecule has 96 heavy (non-hydrogen) atoms. The number of esters is 2. The van der Waals surface area contributed by atoms with Crippen LogP contribution >= 0.6 is 0 Å². The number of carbonyl (C=O) groups excluding carboxylic acids is 2. The van der Waals surface area contributed by atoms with E-state index in [2.05, 4.69) is 0 Å². The summed E-state index contributed by atoms with van der Waals surface area (Å²) in [5.41, 5.74) is -9.81. The molecule has 32 atom stereocenters. The Hall–Kier alpha value is -3.54. The molecule has 5 heterocycles. The van der Waals surface area contributed by atoms with Crippen LogP contribution in [-0.4, -0.2) is 269 Å². The number of aliphatic hydroxyl groups excluding tert-OH is 5. The van der Waals surface area contributed by atoms with Gasteiger partial charge in [-0.1, -0.05) is 62.4 Å². The van der Waals surface area contributed by atoms with Crippen molar-refractivity contribution in [2.45, 2.75) is 296 Å². The van der Waals surface area contributed by atoms with Gasteiger partial charge in [-0.15, -0.1) is 0 Å². The first-order chi connectivity index (χ1) is 45.4. The average Bonchev–Trinajstić information content (AvgIpc) is 1.35. The Morgan fingerprint density at radius 2 is 1.18 bits per heavy atom. The second kappa shape index (κ2) is 29.8. The molecule has 27 heteroatoms. The lowest BCUT2D eigenvalue weighted by atomic mass is 9.41. The number of benzene rings is 1. The van der Waals surface area contributed by atoms with Gasteiger partial charge in [-0.3, -0.25) is 0 Å². The van der Waals surface area contributed by atoms with Crippen molar-refractivity contribution in [2.75, 3.05) is 35.0 Å². The highest BCUT2D eigenvalue weighted by atomic mass is 16.8. The number of aliphatic hydroxyl groups is 9. The van der Waals surface area contributed by atoms with E-state index in [4.69, 9.17) is 75.8 Å². The quantitative estimate of drug-likeness (QED) is 0.0484. The molecule has 1 aromatic rings. The molecule has 3 saturated carbocycles. The summed E-state index contributed by atoms with van der Waals surface area (Å²) < 4.78 is 99.6. The maximum absolute atomic E-state index is 14.0. The predicted molar refractivity (Wildman–Crippen MR) is 335 cm³/mol. The van der Waals surface area contributed by atoms with E-state index in [0.29, 0.717) is 18.4 Å². The van der Waals surface area contributed by atoms with Crippen molar-refractivity contribution in [3.63, 3.8) is 0 Å². The molecule has 32 unspecified atom stereocenters. The molecule has 8 fully saturated rings. The molecule has 0 aromatic heterocycles.